The molecule has 28 heteroatoms. The zero-order chi connectivity index (χ0) is 47.6. The average molecular weight is 1040 g/mol. The van der Waals surface area contributed by atoms with Crippen molar-refractivity contribution in [2.45, 2.75) is 85.7 Å². The van der Waals surface area contributed by atoms with Crippen molar-refractivity contribution in [3.8, 4) is 22.9 Å². The molecule has 0 saturated carbocycles. The fraction of sp³-hybridized carbons (Fsp3) is 0.436. The van der Waals surface area contributed by atoms with E-state index in [1.54, 1.807) is 12.1 Å². The van der Waals surface area contributed by atoms with E-state index in [1.165, 1.54) is 35.1 Å². The van der Waals surface area contributed by atoms with Crippen molar-refractivity contribution in [3.63, 3.8) is 0 Å². The first kappa shape index (κ1) is 57.8. The highest BCUT2D eigenvalue weighted by atomic mass is 79.9. The number of pyridine rings is 4. The summed E-state index contributed by atoms with van der Waals surface area (Å²) < 4.78 is 185. The van der Waals surface area contributed by atoms with E-state index in [4.69, 9.17) is 9.31 Å². The van der Waals surface area contributed by atoms with Crippen molar-refractivity contribution in [1.29, 1.82) is 0 Å². The van der Waals surface area contributed by atoms with Crippen LogP contribution >= 0.6 is 15.9 Å². The number of aromatic nitrogens is 8. The molecule has 1 fully saturated rings. The SMILES string of the molecule is C.C.C.CC1(C)OB(c2cnc(OCC(F)(F)F)c(F)c2)OC1(C)C.COC(F)(F)c1nnc2ccc(-c3cnc(OCC(F)(F)F)c(F)c3)cn12.COC(F)(F)c1nnc2ccc(Br)cn12. The third-order valence-electron chi connectivity index (χ3n) is 9.04. The lowest BCUT2D eigenvalue weighted by Crippen LogP contribution is -2.41. The number of ether oxygens (including phenoxy) is 4. The van der Waals surface area contributed by atoms with Crippen LogP contribution in [0.3, 0.4) is 0 Å². The van der Waals surface area contributed by atoms with Crippen molar-refractivity contribution in [2.24, 2.45) is 0 Å². The van der Waals surface area contributed by atoms with Crippen LogP contribution in [-0.4, -0.2) is 97.3 Å². The number of hydrogen-bond donors (Lipinski definition) is 0. The molecule has 6 aromatic heterocycles. The number of methoxy groups -OCH3 is 2. The van der Waals surface area contributed by atoms with Crippen LogP contribution < -0.4 is 14.9 Å². The summed E-state index contributed by atoms with van der Waals surface area (Å²) in [6.07, 6.45) is -11.5. The molecule has 0 unspecified atom stereocenters. The average Bonchev–Trinajstić information content (AvgIpc) is 3.89. The zero-order valence-corrected chi connectivity index (χ0v) is 35.3. The van der Waals surface area contributed by atoms with Crippen molar-refractivity contribution in [1.82, 2.24) is 39.2 Å². The number of halogens is 13. The Morgan fingerprint density at radius 3 is 1.48 bits per heavy atom. The second-order valence-electron chi connectivity index (χ2n) is 14.2. The van der Waals surface area contributed by atoms with Crippen LogP contribution in [0.25, 0.3) is 22.4 Å². The molecule has 6 aromatic rings. The molecule has 0 amide bonds. The summed E-state index contributed by atoms with van der Waals surface area (Å²) in [7, 11) is 0.867. The highest BCUT2D eigenvalue weighted by molar-refractivity contribution is 9.10. The Hall–Kier alpha value is -5.32. The van der Waals surface area contributed by atoms with Gasteiger partial charge in [0.15, 0.2) is 36.1 Å². The fourth-order valence-electron chi connectivity index (χ4n) is 5.15. The van der Waals surface area contributed by atoms with Crippen molar-refractivity contribution in [3.05, 3.63) is 88.9 Å². The molecule has 0 bridgehead atoms. The molecule has 67 heavy (non-hydrogen) atoms. The Morgan fingerprint density at radius 2 is 1.04 bits per heavy atom. The molecule has 7 heterocycles. The number of alkyl halides is 10. The van der Waals surface area contributed by atoms with Crippen LogP contribution in [0.15, 0.2) is 65.7 Å². The van der Waals surface area contributed by atoms with E-state index in [2.05, 4.69) is 65.2 Å². The maximum atomic E-state index is 14.0. The van der Waals surface area contributed by atoms with Gasteiger partial charge in [-0.15, -0.1) is 20.4 Å². The molecule has 14 nitrogen and oxygen atoms in total. The molecule has 0 radical (unpaired) electrons. The lowest BCUT2D eigenvalue weighted by atomic mass is 9.80. The Morgan fingerprint density at radius 1 is 0.612 bits per heavy atom. The second kappa shape index (κ2) is 21.8. The van der Waals surface area contributed by atoms with Crippen LogP contribution in [0.4, 0.5) is 52.7 Å². The minimum absolute atomic E-state index is 0. The maximum Gasteiger partial charge on any atom is 0.496 e. The van der Waals surface area contributed by atoms with E-state index in [9.17, 15) is 52.7 Å². The molecule has 0 N–H and O–H groups in total. The summed E-state index contributed by atoms with van der Waals surface area (Å²) in [4.78, 5) is 7.07. The van der Waals surface area contributed by atoms with Crippen LogP contribution in [0.2, 0.25) is 0 Å². The minimum atomic E-state index is -4.64. The monoisotopic (exact) mass is 1040 g/mol. The van der Waals surface area contributed by atoms with E-state index in [1.807, 2.05) is 27.7 Å². The molecule has 1 aliphatic rings. The lowest BCUT2D eigenvalue weighted by Gasteiger charge is -2.32. The van der Waals surface area contributed by atoms with Gasteiger partial charge in [0.25, 0.3) is 11.8 Å². The van der Waals surface area contributed by atoms with Crippen LogP contribution in [0.5, 0.6) is 11.8 Å². The Bertz CT molecular complexity index is 2570. The third-order valence-corrected chi connectivity index (χ3v) is 9.51. The lowest BCUT2D eigenvalue weighted by molar-refractivity contribution is -0.238. The predicted molar refractivity (Wildman–Crippen MR) is 222 cm³/mol. The molecule has 1 saturated heterocycles. The molecule has 7 rings (SSSR count). The molecule has 0 atom stereocenters. The number of fused-ring (bicyclic) bond motifs is 2. The second-order valence-corrected chi connectivity index (χ2v) is 15.1. The van der Waals surface area contributed by atoms with Gasteiger partial charge < -0.3 is 28.3 Å². The topological polar surface area (TPSA) is 142 Å². The Balaban J connectivity index is 0.000000350. The van der Waals surface area contributed by atoms with Crippen molar-refractivity contribution in [2.75, 3.05) is 27.4 Å². The summed E-state index contributed by atoms with van der Waals surface area (Å²) in [6.45, 7) is 4.02. The smallest absolute Gasteiger partial charge is 0.466 e. The predicted octanol–water partition coefficient (Wildman–Crippen LogP) is 10.1. The van der Waals surface area contributed by atoms with Gasteiger partial charge in [0, 0.05) is 60.1 Å². The van der Waals surface area contributed by atoms with Crippen molar-refractivity contribution < 1.29 is 80.9 Å². The van der Waals surface area contributed by atoms with E-state index in [-0.39, 0.29) is 44.5 Å². The van der Waals surface area contributed by atoms with Gasteiger partial charge in [0.2, 0.25) is 11.6 Å². The number of hydrogen-bond acceptors (Lipinski definition) is 12. The van der Waals surface area contributed by atoms with Gasteiger partial charge in [-0.1, -0.05) is 22.3 Å². The molecule has 0 spiro atoms. The third kappa shape index (κ3) is 14.1. The van der Waals surface area contributed by atoms with Gasteiger partial charge in [0.05, 0.1) is 11.2 Å². The maximum absolute atomic E-state index is 14.0. The summed E-state index contributed by atoms with van der Waals surface area (Å²) in [5, 5.41) is 14.0. The van der Waals surface area contributed by atoms with Crippen LogP contribution in [0.1, 0.15) is 61.6 Å². The quantitative estimate of drug-likeness (QED) is 0.0953. The van der Waals surface area contributed by atoms with E-state index in [0.29, 0.717) is 10.1 Å². The van der Waals surface area contributed by atoms with E-state index in [0.717, 1.165) is 36.9 Å². The first-order valence-electron chi connectivity index (χ1n) is 17.8. The largest absolute Gasteiger partial charge is 0.496 e. The molecule has 0 aromatic carbocycles. The zero-order valence-electron chi connectivity index (χ0n) is 33.7. The van der Waals surface area contributed by atoms with Gasteiger partial charge in [-0.05, 0) is 80.0 Å². The van der Waals surface area contributed by atoms with E-state index >= 15 is 0 Å². The van der Waals surface area contributed by atoms with Crippen LogP contribution in [0, 0.1) is 11.6 Å². The first-order valence-corrected chi connectivity index (χ1v) is 18.6. The van der Waals surface area contributed by atoms with E-state index < -0.39 is 91.1 Å². The highest BCUT2D eigenvalue weighted by Gasteiger charge is 2.52. The summed E-state index contributed by atoms with van der Waals surface area (Å²) in [6, 6.07) is 7.93. The number of nitrogens with zero attached hydrogens (tertiary/aromatic N) is 8. The van der Waals surface area contributed by atoms with Gasteiger partial charge in [0.1, 0.15) is 0 Å². The number of rotatable bonds is 10. The molecule has 1 aliphatic heterocycles. The highest BCUT2D eigenvalue weighted by Crippen LogP contribution is 2.37. The van der Waals surface area contributed by atoms with Gasteiger partial charge in [-0.25, -0.2) is 18.7 Å². The first-order chi connectivity index (χ1) is 29.6. The van der Waals surface area contributed by atoms with Crippen LogP contribution in [-0.2, 0) is 31.0 Å². The molecule has 370 valence electrons. The van der Waals surface area contributed by atoms with Gasteiger partial charge in [-0.3, -0.25) is 8.80 Å². The van der Waals surface area contributed by atoms with Crippen molar-refractivity contribution >= 4 is 39.8 Å². The van der Waals surface area contributed by atoms with Gasteiger partial charge in [-0.2, -0.15) is 43.9 Å². The summed E-state index contributed by atoms with van der Waals surface area (Å²) >= 11 is 3.18. The summed E-state index contributed by atoms with van der Waals surface area (Å²) in [5.41, 5.74) is -0.165. The summed E-state index contributed by atoms with van der Waals surface area (Å²) in [5.74, 6) is -5.01. The van der Waals surface area contributed by atoms with Gasteiger partial charge >= 0.3 is 31.7 Å². The Labute approximate surface area is 384 Å². The molecular weight excluding hydrogens is 995 g/mol. The molecule has 0 aliphatic carbocycles. The minimum Gasteiger partial charge on any atom is -0.466 e. The Kier molecular flexibility index (Phi) is 18.8. The molecular formula is C39H44BBrF12N8O6. The normalized spacial score (nSPS) is 14.5. The fourth-order valence-corrected chi connectivity index (χ4v) is 5.49. The standard InChI is InChI=1S/C15H10F6N4O2.C13H16BF4NO3.C8H6BrF2N3O.3CH4/c1-26-15(20,21)13-24-23-11-3-2-8(6-25(11)13)9-4-10(16)12(22-5-9)27-7-14(17,18)19;1-11(2)12(3,4)22-14(21-11)8-5-9(15)10(19-6-8)20-7-13(16,17)18;1-15-8(10,11)7-13-12-6-3-2-5(9)4-14(6)7;;;/h2-6H,7H2,1H3;5-6H,7H2,1-4H3;2-4H,1H3;3*1H4.